The summed E-state index contributed by atoms with van der Waals surface area (Å²) in [4.78, 5) is 50.9. The second-order valence-electron chi connectivity index (χ2n) is 15.9. The molecule has 2 N–H and O–H groups in total. The number of carbonyl (C=O) groups is 3. The summed E-state index contributed by atoms with van der Waals surface area (Å²) in [5, 5.41) is 31.0. The number of alkyl carbamates (subject to hydrolysis) is 1. The number of nitrogens with zero attached hydrogens (tertiary/aromatic N) is 6. The number of fused-ring (bicyclic) bond motifs is 1. The van der Waals surface area contributed by atoms with Gasteiger partial charge < -0.3 is 43.8 Å². The summed E-state index contributed by atoms with van der Waals surface area (Å²) in [5.74, 6) is 1.55. The molecular formula is C39H56FN7O10S. The Labute approximate surface area is 342 Å². The summed E-state index contributed by atoms with van der Waals surface area (Å²) in [6.07, 6.45) is -6.34. The van der Waals surface area contributed by atoms with E-state index < -0.39 is 83.6 Å². The lowest BCUT2D eigenvalue weighted by Gasteiger charge is -2.47. The summed E-state index contributed by atoms with van der Waals surface area (Å²) in [6, 6.07) is 2.50. The largest absolute Gasteiger partial charge is 0.456 e. The number of ether oxygens (including phenoxy) is 5. The van der Waals surface area contributed by atoms with Gasteiger partial charge in [0.15, 0.2) is 18.2 Å². The number of tetrazole rings is 1. The molecule has 5 rings (SSSR count). The van der Waals surface area contributed by atoms with Crippen LogP contribution in [0.25, 0.3) is 10.7 Å². The number of hydrogen-bond donors (Lipinski definition) is 2. The Morgan fingerprint density at radius 2 is 1.88 bits per heavy atom. The van der Waals surface area contributed by atoms with Gasteiger partial charge in [0.2, 0.25) is 5.82 Å². The van der Waals surface area contributed by atoms with Gasteiger partial charge in [0, 0.05) is 23.8 Å². The van der Waals surface area contributed by atoms with Gasteiger partial charge in [0.05, 0.1) is 46.4 Å². The smallest absolute Gasteiger partial charge is 0.407 e. The van der Waals surface area contributed by atoms with E-state index in [0.29, 0.717) is 22.8 Å². The molecule has 0 radical (unpaired) electrons. The van der Waals surface area contributed by atoms with Crippen LogP contribution in [0.3, 0.4) is 0 Å². The number of thiophene rings is 1. The fraction of sp³-hybridized carbons (Fsp3) is 0.718. The number of rotatable bonds is 8. The predicted octanol–water partition coefficient (Wildman–Crippen LogP) is 3.29. The summed E-state index contributed by atoms with van der Waals surface area (Å²) in [6.45, 7) is 11.1. The number of Topliss-reactive ketones (excluding diaryl/α,β-unsaturated/α-hetero) is 1. The van der Waals surface area contributed by atoms with E-state index in [1.54, 1.807) is 20.9 Å². The molecule has 3 saturated heterocycles. The predicted molar refractivity (Wildman–Crippen MR) is 209 cm³/mol. The molecule has 2 aromatic heterocycles. The zero-order valence-electron chi connectivity index (χ0n) is 34.9. The molecule has 0 bridgehead atoms. The van der Waals surface area contributed by atoms with E-state index >= 15 is 4.39 Å². The standard InChI is InChI=1S/C39H56FN7O10S/c1-12-26-31-29(41-37(51)56-31)22(4)28(44-52-11)20(2)19-38(6,53-17-13-14-24-15-16-27(58-24)34-42-45-47(10)43-34)33(23(5)32(49)39(7,40)36(50)55-26)57-35-30(48)25(46(8)9)18-21(3)54-35/h15-16,20-23,25-26,29-31,33,35,48H,12,17-19H2,1-11H3,(H,41,51)/b44-28+/t20-,21-,22+,23+,25+,26-,29-,30?,31-,33-,35?,38+,39+/m1/s1. The fourth-order valence-electron chi connectivity index (χ4n) is 8.17. The summed E-state index contributed by atoms with van der Waals surface area (Å²) >= 11 is 1.37. The lowest BCUT2D eigenvalue weighted by molar-refractivity contribution is -0.296. The molecule has 13 atom stereocenters. The maximum absolute atomic E-state index is 16.9. The first-order valence-corrected chi connectivity index (χ1v) is 20.3. The van der Waals surface area contributed by atoms with Crippen molar-refractivity contribution < 1.29 is 52.4 Å². The van der Waals surface area contributed by atoms with E-state index in [-0.39, 0.29) is 31.6 Å². The van der Waals surface area contributed by atoms with Crippen molar-refractivity contribution in [1.29, 1.82) is 0 Å². The van der Waals surface area contributed by atoms with E-state index in [1.807, 2.05) is 51.9 Å². The topological polar surface area (TPSA) is 198 Å². The number of aryl methyl sites for hydroxylation is 1. The van der Waals surface area contributed by atoms with Crippen LogP contribution in [-0.2, 0) is 45.2 Å². The average Bonchev–Trinajstić information content (AvgIpc) is 3.93. The molecule has 0 saturated carbocycles. The number of aliphatic hydroxyl groups excluding tert-OH is 1. The van der Waals surface area contributed by atoms with E-state index in [4.69, 9.17) is 28.5 Å². The zero-order valence-corrected chi connectivity index (χ0v) is 35.7. The van der Waals surface area contributed by atoms with Gasteiger partial charge in [-0.15, -0.1) is 21.5 Å². The molecule has 5 heterocycles. The number of ketones is 1. The van der Waals surface area contributed by atoms with Gasteiger partial charge in [-0.1, -0.05) is 44.7 Å². The minimum atomic E-state index is -3.18. The van der Waals surface area contributed by atoms with Crippen LogP contribution in [-0.4, -0.2) is 142 Å². The highest BCUT2D eigenvalue weighted by Gasteiger charge is 2.56. The number of aliphatic hydroxyl groups is 1. The highest BCUT2D eigenvalue weighted by atomic mass is 32.1. The molecule has 58 heavy (non-hydrogen) atoms. The third-order valence-electron chi connectivity index (χ3n) is 11.2. The lowest BCUT2D eigenvalue weighted by atomic mass is 9.74. The highest BCUT2D eigenvalue weighted by molar-refractivity contribution is 7.15. The first-order valence-electron chi connectivity index (χ1n) is 19.5. The van der Waals surface area contributed by atoms with Crippen LogP contribution in [0.15, 0.2) is 17.3 Å². The highest BCUT2D eigenvalue weighted by Crippen LogP contribution is 2.39. The van der Waals surface area contributed by atoms with E-state index in [2.05, 4.69) is 37.7 Å². The van der Waals surface area contributed by atoms with Crippen molar-refractivity contribution in [3.8, 4) is 22.5 Å². The molecule has 2 aromatic rings. The third-order valence-corrected chi connectivity index (χ3v) is 12.2. The van der Waals surface area contributed by atoms with E-state index in [0.717, 1.165) is 11.8 Å². The van der Waals surface area contributed by atoms with Crippen LogP contribution >= 0.6 is 11.3 Å². The molecule has 1 amide bonds. The van der Waals surface area contributed by atoms with Crippen LogP contribution in [0.5, 0.6) is 0 Å². The number of likely N-dealkylation sites (N-methyl/N-ethyl adjacent to an activating group) is 1. The van der Waals surface area contributed by atoms with Crippen molar-refractivity contribution >= 4 is 34.9 Å². The van der Waals surface area contributed by atoms with Gasteiger partial charge in [0.1, 0.15) is 25.9 Å². The molecule has 19 heteroatoms. The molecule has 3 fully saturated rings. The maximum atomic E-state index is 16.9. The number of oxime groups is 1. The summed E-state index contributed by atoms with van der Waals surface area (Å²) < 4.78 is 47.6. The minimum absolute atomic E-state index is 0.0807. The molecule has 17 nitrogen and oxygen atoms in total. The number of alkyl halides is 1. The Kier molecular flexibility index (Phi) is 14.3. The van der Waals surface area contributed by atoms with E-state index in [9.17, 15) is 19.5 Å². The molecule has 0 aromatic carbocycles. The van der Waals surface area contributed by atoms with Gasteiger partial charge in [-0.25, -0.2) is 14.0 Å². The van der Waals surface area contributed by atoms with E-state index in [1.165, 1.54) is 30.2 Å². The van der Waals surface area contributed by atoms with Crippen molar-refractivity contribution in [3.05, 3.63) is 17.0 Å². The van der Waals surface area contributed by atoms with Gasteiger partial charge in [0.25, 0.3) is 5.67 Å². The fourth-order valence-corrected chi connectivity index (χ4v) is 8.97. The Morgan fingerprint density at radius 1 is 1.16 bits per heavy atom. The van der Waals surface area contributed by atoms with Crippen LogP contribution < -0.4 is 5.32 Å². The normalized spacial score (nSPS) is 37.0. The van der Waals surface area contributed by atoms with Crippen molar-refractivity contribution in [2.75, 3.05) is 27.8 Å². The first-order chi connectivity index (χ1) is 27.3. The summed E-state index contributed by atoms with van der Waals surface area (Å²) in [5.41, 5.74) is -4.19. The number of esters is 1. The van der Waals surface area contributed by atoms with Crippen molar-refractivity contribution in [3.63, 3.8) is 0 Å². The van der Waals surface area contributed by atoms with Gasteiger partial charge >= 0.3 is 12.1 Å². The maximum Gasteiger partial charge on any atom is 0.407 e. The number of halogens is 1. The summed E-state index contributed by atoms with van der Waals surface area (Å²) in [7, 11) is 6.73. The van der Waals surface area contributed by atoms with Gasteiger partial charge in [-0.2, -0.15) is 4.80 Å². The van der Waals surface area contributed by atoms with Crippen LogP contribution in [0, 0.1) is 29.6 Å². The Morgan fingerprint density at radius 3 is 2.52 bits per heavy atom. The number of aromatic nitrogens is 4. The Hall–Kier alpha value is -4.06. The lowest BCUT2D eigenvalue weighted by Crippen LogP contribution is -2.61. The molecule has 3 aliphatic rings. The molecular weight excluding hydrogens is 778 g/mol. The second-order valence-corrected chi connectivity index (χ2v) is 17.0. The quantitative estimate of drug-likeness (QED) is 0.170. The van der Waals surface area contributed by atoms with Crippen molar-refractivity contribution in [2.24, 2.45) is 30.0 Å². The number of hydrogen-bond acceptors (Lipinski definition) is 16. The number of cyclic esters (lactones) is 1. The third kappa shape index (κ3) is 9.69. The Bertz CT molecular complexity index is 1880. The monoisotopic (exact) mass is 833 g/mol. The molecule has 320 valence electrons. The van der Waals surface area contributed by atoms with Crippen LogP contribution in [0.4, 0.5) is 9.18 Å². The Balaban J connectivity index is 1.60. The van der Waals surface area contributed by atoms with Crippen molar-refractivity contribution in [2.45, 2.75) is 128 Å². The van der Waals surface area contributed by atoms with Gasteiger partial charge in [-0.05, 0) is 71.5 Å². The number of nitrogens with one attached hydrogen (secondary N) is 1. The number of amides is 1. The molecule has 3 aliphatic heterocycles. The first kappa shape index (κ1) is 45.0. The molecule has 2 unspecified atom stereocenters. The molecule has 0 spiro atoms. The van der Waals surface area contributed by atoms with Crippen LogP contribution in [0.2, 0.25) is 0 Å². The zero-order chi connectivity index (χ0) is 42.7. The second kappa shape index (κ2) is 18.5. The van der Waals surface area contributed by atoms with Crippen molar-refractivity contribution in [1.82, 2.24) is 30.4 Å². The molecule has 0 aliphatic carbocycles. The minimum Gasteiger partial charge on any atom is -0.456 e. The average molecular weight is 834 g/mol. The van der Waals surface area contributed by atoms with Gasteiger partial charge in [-0.3, -0.25) is 4.79 Å². The van der Waals surface area contributed by atoms with Crippen LogP contribution in [0.1, 0.15) is 72.6 Å². The number of carbonyl (C=O) groups excluding carboxylic acids is 3. The SMILES string of the molecule is CC[C@H]1OC(=O)[C@@](C)(F)C(=O)[C@H](C)[C@@H](OC2O[C@H](C)C[C@H](N(C)C)C2O)[C@@](C)(OCC#Cc2ccc(-c3nnn(C)n3)s2)C[C@@H](C)/C(=N\OC)[C@H](C)[C@H]2NC(=O)O[C@@H]21.